The van der Waals surface area contributed by atoms with E-state index in [1.807, 2.05) is 17.9 Å². The van der Waals surface area contributed by atoms with Crippen LogP contribution < -0.4 is 0 Å². The van der Waals surface area contributed by atoms with Gasteiger partial charge in [-0.15, -0.1) is 0 Å². The molecule has 0 fully saturated rings. The molecule has 2 aromatic heterocycles. The van der Waals surface area contributed by atoms with Gasteiger partial charge in [0, 0.05) is 35.3 Å². The third kappa shape index (κ3) is 2.42. The van der Waals surface area contributed by atoms with Crippen molar-refractivity contribution in [2.24, 2.45) is 12.5 Å². The lowest BCUT2D eigenvalue weighted by molar-refractivity contribution is 0.0981. The van der Waals surface area contributed by atoms with Crippen LogP contribution in [0, 0.1) is 19.3 Å². The molecule has 2 aromatic rings. The smallest absolute Gasteiger partial charge is 0.0812 e. The van der Waals surface area contributed by atoms with E-state index in [1.165, 1.54) is 22.6 Å². The van der Waals surface area contributed by atoms with Gasteiger partial charge in [0.15, 0.2) is 0 Å². The molecule has 0 spiro atoms. The van der Waals surface area contributed by atoms with Crippen molar-refractivity contribution in [2.45, 2.75) is 53.2 Å². The molecule has 4 nitrogen and oxygen atoms in total. The molecule has 0 aromatic carbocycles. The van der Waals surface area contributed by atoms with E-state index in [2.05, 4.69) is 43.4 Å². The quantitative estimate of drug-likeness (QED) is 0.923. The van der Waals surface area contributed by atoms with Crippen LogP contribution in [0.3, 0.4) is 0 Å². The van der Waals surface area contributed by atoms with Gasteiger partial charge in [-0.05, 0) is 38.2 Å². The standard InChI is InChI=1S/C17H25N3O/c1-11-6-14-15(7-17(3,4)8-16(14)21)20(11)10-13-9-18-19(5)12(13)2/h6,9,16,21H,7-8,10H2,1-5H3. The molecule has 21 heavy (non-hydrogen) atoms. The van der Waals surface area contributed by atoms with Gasteiger partial charge in [-0.3, -0.25) is 4.68 Å². The van der Waals surface area contributed by atoms with E-state index < -0.39 is 0 Å². The maximum Gasteiger partial charge on any atom is 0.0812 e. The maximum absolute atomic E-state index is 10.4. The number of rotatable bonds is 2. The second-order valence-electron chi connectivity index (χ2n) is 7.21. The van der Waals surface area contributed by atoms with Gasteiger partial charge in [-0.25, -0.2) is 0 Å². The van der Waals surface area contributed by atoms with E-state index >= 15 is 0 Å². The first-order chi connectivity index (χ1) is 9.78. The molecular formula is C17H25N3O. The van der Waals surface area contributed by atoms with Gasteiger partial charge in [0.1, 0.15) is 0 Å². The Morgan fingerprint density at radius 3 is 2.71 bits per heavy atom. The molecule has 0 bridgehead atoms. The lowest BCUT2D eigenvalue weighted by Crippen LogP contribution is -2.27. The zero-order valence-corrected chi connectivity index (χ0v) is 13.6. The number of aryl methyl sites for hydroxylation is 2. The highest BCUT2D eigenvalue weighted by Crippen LogP contribution is 2.42. The third-order valence-corrected chi connectivity index (χ3v) is 4.87. The van der Waals surface area contributed by atoms with Gasteiger partial charge in [0.25, 0.3) is 0 Å². The summed E-state index contributed by atoms with van der Waals surface area (Å²) in [5.74, 6) is 0. The number of nitrogens with zero attached hydrogens (tertiary/aromatic N) is 3. The highest BCUT2D eigenvalue weighted by atomic mass is 16.3. The summed E-state index contributed by atoms with van der Waals surface area (Å²) in [4.78, 5) is 0. The van der Waals surface area contributed by atoms with Gasteiger partial charge in [-0.1, -0.05) is 13.8 Å². The molecule has 1 atom stereocenters. The van der Waals surface area contributed by atoms with Gasteiger partial charge < -0.3 is 9.67 Å². The fourth-order valence-electron chi connectivity index (χ4n) is 3.49. The highest BCUT2D eigenvalue weighted by Gasteiger charge is 2.34. The number of fused-ring (bicyclic) bond motifs is 1. The molecular weight excluding hydrogens is 262 g/mol. The SMILES string of the molecule is Cc1c(Cn2c(C)cc3c2CC(C)(C)CC3O)cnn1C. The molecule has 3 rings (SSSR count). The molecule has 0 saturated carbocycles. The number of hydrogen-bond acceptors (Lipinski definition) is 2. The van der Waals surface area contributed by atoms with Gasteiger partial charge in [-0.2, -0.15) is 5.10 Å². The molecule has 0 radical (unpaired) electrons. The molecule has 1 unspecified atom stereocenters. The Morgan fingerprint density at radius 2 is 2.10 bits per heavy atom. The highest BCUT2D eigenvalue weighted by molar-refractivity contribution is 5.34. The zero-order chi connectivity index (χ0) is 15.4. The number of aliphatic hydroxyl groups is 1. The van der Waals surface area contributed by atoms with E-state index in [9.17, 15) is 5.11 Å². The lowest BCUT2D eigenvalue weighted by atomic mass is 9.75. The van der Waals surface area contributed by atoms with Crippen molar-refractivity contribution in [3.8, 4) is 0 Å². The first kappa shape index (κ1) is 14.4. The van der Waals surface area contributed by atoms with E-state index in [0.29, 0.717) is 0 Å². The summed E-state index contributed by atoms with van der Waals surface area (Å²) in [7, 11) is 1.98. The fraction of sp³-hybridized carbons (Fsp3) is 0.588. The van der Waals surface area contributed by atoms with Gasteiger partial charge in [0.05, 0.1) is 18.8 Å². The average Bonchev–Trinajstić information content (AvgIpc) is 2.85. The minimum absolute atomic E-state index is 0.152. The van der Waals surface area contributed by atoms with Crippen LogP contribution in [0.1, 0.15) is 54.6 Å². The van der Waals surface area contributed by atoms with Gasteiger partial charge >= 0.3 is 0 Å². The van der Waals surface area contributed by atoms with Crippen molar-refractivity contribution >= 4 is 0 Å². The van der Waals surface area contributed by atoms with E-state index in [1.54, 1.807) is 0 Å². The van der Waals surface area contributed by atoms with Crippen LogP contribution >= 0.6 is 0 Å². The van der Waals surface area contributed by atoms with Crippen molar-refractivity contribution in [2.75, 3.05) is 0 Å². The summed E-state index contributed by atoms with van der Waals surface area (Å²) >= 11 is 0. The average molecular weight is 287 g/mol. The molecule has 114 valence electrons. The Hall–Kier alpha value is -1.55. The first-order valence-corrected chi connectivity index (χ1v) is 7.63. The van der Waals surface area contributed by atoms with Crippen molar-refractivity contribution in [3.05, 3.63) is 40.5 Å². The predicted octanol–water partition coefficient (Wildman–Crippen LogP) is 2.89. The van der Waals surface area contributed by atoms with Crippen LogP contribution in [0.5, 0.6) is 0 Å². The summed E-state index contributed by atoms with van der Waals surface area (Å²) in [6.07, 6.45) is 3.48. The molecule has 1 aliphatic carbocycles. The van der Waals surface area contributed by atoms with Crippen molar-refractivity contribution in [1.29, 1.82) is 0 Å². The predicted molar refractivity (Wildman–Crippen MR) is 83.3 cm³/mol. The topological polar surface area (TPSA) is 43.0 Å². The third-order valence-electron chi connectivity index (χ3n) is 4.87. The van der Waals surface area contributed by atoms with Crippen LogP contribution in [0.4, 0.5) is 0 Å². The Kier molecular flexibility index (Phi) is 3.24. The van der Waals surface area contributed by atoms with Crippen molar-refractivity contribution in [3.63, 3.8) is 0 Å². The van der Waals surface area contributed by atoms with E-state index in [-0.39, 0.29) is 11.5 Å². The minimum atomic E-state index is -0.335. The number of hydrogen-bond donors (Lipinski definition) is 1. The second-order valence-corrected chi connectivity index (χ2v) is 7.21. The summed E-state index contributed by atoms with van der Waals surface area (Å²) < 4.78 is 4.27. The number of aromatic nitrogens is 3. The summed E-state index contributed by atoms with van der Waals surface area (Å²) in [6.45, 7) is 9.54. The Morgan fingerprint density at radius 1 is 1.38 bits per heavy atom. The molecule has 2 heterocycles. The van der Waals surface area contributed by atoms with E-state index in [4.69, 9.17) is 0 Å². The Bertz CT molecular complexity index is 679. The first-order valence-electron chi connectivity index (χ1n) is 7.63. The second kappa shape index (κ2) is 4.73. The summed E-state index contributed by atoms with van der Waals surface area (Å²) in [5.41, 5.74) is 6.23. The van der Waals surface area contributed by atoms with Crippen LogP contribution in [-0.4, -0.2) is 19.5 Å². The molecule has 1 N–H and O–H groups in total. The van der Waals surface area contributed by atoms with Crippen LogP contribution in [0.25, 0.3) is 0 Å². The normalized spacial score (nSPS) is 20.6. The van der Waals surface area contributed by atoms with Gasteiger partial charge in [0.2, 0.25) is 0 Å². The minimum Gasteiger partial charge on any atom is -0.388 e. The molecule has 4 heteroatoms. The zero-order valence-electron chi connectivity index (χ0n) is 13.6. The van der Waals surface area contributed by atoms with Crippen molar-refractivity contribution in [1.82, 2.24) is 14.3 Å². The number of aliphatic hydroxyl groups excluding tert-OH is 1. The largest absolute Gasteiger partial charge is 0.388 e. The summed E-state index contributed by atoms with van der Waals surface area (Å²) in [6, 6.07) is 2.15. The molecule has 0 aliphatic heterocycles. The lowest BCUT2D eigenvalue weighted by Gasteiger charge is -2.34. The van der Waals surface area contributed by atoms with E-state index in [0.717, 1.165) is 24.9 Å². The van der Waals surface area contributed by atoms with Crippen molar-refractivity contribution < 1.29 is 5.11 Å². The molecule has 1 aliphatic rings. The maximum atomic E-state index is 10.4. The van der Waals surface area contributed by atoms with Crippen LogP contribution in [-0.2, 0) is 20.0 Å². The fourth-order valence-corrected chi connectivity index (χ4v) is 3.49. The molecule has 0 amide bonds. The van der Waals surface area contributed by atoms with Crippen LogP contribution in [0.15, 0.2) is 12.3 Å². The monoisotopic (exact) mass is 287 g/mol. The van der Waals surface area contributed by atoms with Crippen LogP contribution in [0.2, 0.25) is 0 Å². The Labute approximate surface area is 126 Å². The summed E-state index contributed by atoms with van der Waals surface area (Å²) in [5, 5.41) is 14.8. The Balaban J connectivity index is 2.02. The molecule has 0 saturated heterocycles.